The number of para-hydroxylation sites is 1. The molecule has 0 aliphatic heterocycles. The summed E-state index contributed by atoms with van der Waals surface area (Å²) >= 11 is 0. The molecule has 0 aliphatic carbocycles. The highest BCUT2D eigenvalue weighted by molar-refractivity contribution is 5.79. The van der Waals surface area contributed by atoms with Gasteiger partial charge in [0.05, 0.1) is 23.9 Å². The molecule has 0 fully saturated rings. The maximum Gasteiger partial charge on any atom is 0.139 e. The van der Waals surface area contributed by atoms with Crippen LogP contribution in [0.25, 0.3) is 11.0 Å². The van der Waals surface area contributed by atoms with Crippen LogP contribution in [0, 0.1) is 6.92 Å². The lowest BCUT2D eigenvalue weighted by Crippen LogP contribution is -1.95. The number of carbonyl (C=O) groups excluding carboxylic acids is 1. The molecule has 0 spiro atoms. The Morgan fingerprint density at radius 2 is 2.38 bits per heavy atom. The van der Waals surface area contributed by atoms with Crippen molar-refractivity contribution in [2.24, 2.45) is 0 Å². The quantitative estimate of drug-likeness (QED) is 0.647. The van der Waals surface area contributed by atoms with Crippen molar-refractivity contribution in [3.05, 3.63) is 30.1 Å². The first-order chi connectivity index (χ1) is 6.33. The van der Waals surface area contributed by atoms with Gasteiger partial charge in [-0.15, -0.1) is 0 Å². The monoisotopic (exact) mass is 174 g/mol. The van der Waals surface area contributed by atoms with E-state index in [9.17, 15) is 4.79 Å². The molecule has 0 saturated heterocycles. The molecule has 1 heterocycles. The molecule has 1 aromatic carbocycles. The Morgan fingerprint density at radius 1 is 1.54 bits per heavy atom. The van der Waals surface area contributed by atoms with Crippen LogP contribution < -0.4 is 0 Å². The molecule has 2 aromatic rings. The Balaban J connectivity index is 2.67. The third kappa shape index (κ3) is 1.22. The maximum atomic E-state index is 10.4. The summed E-state index contributed by atoms with van der Waals surface area (Å²) in [6, 6.07) is 5.96. The zero-order valence-corrected chi connectivity index (χ0v) is 7.40. The van der Waals surface area contributed by atoms with Crippen molar-refractivity contribution in [1.82, 2.24) is 9.55 Å². The van der Waals surface area contributed by atoms with Gasteiger partial charge in [-0.2, -0.15) is 0 Å². The normalized spacial score (nSPS) is 10.5. The number of rotatable bonds is 2. The fourth-order valence-corrected chi connectivity index (χ4v) is 1.46. The maximum absolute atomic E-state index is 10.4. The van der Waals surface area contributed by atoms with Gasteiger partial charge < -0.3 is 9.36 Å². The van der Waals surface area contributed by atoms with E-state index in [1.807, 2.05) is 29.7 Å². The van der Waals surface area contributed by atoms with Gasteiger partial charge in [0.15, 0.2) is 0 Å². The predicted octanol–water partition coefficient (Wildman–Crippen LogP) is 1.54. The van der Waals surface area contributed by atoms with Crippen LogP contribution in [0.1, 0.15) is 5.56 Å². The first-order valence-corrected chi connectivity index (χ1v) is 4.17. The second kappa shape index (κ2) is 3.01. The van der Waals surface area contributed by atoms with Gasteiger partial charge in [0.25, 0.3) is 0 Å². The van der Waals surface area contributed by atoms with E-state index < -0.39 is 0 Å². The lowest BCUT2D eigenvalue weighted by atomic mass is 10.2. The summed E-state index contributed by atoms with van der Waals surface area (Å²) in [6.45, 7) is 2.39. The van der Waals surface area contributed by atoms with Crippen LogP contribution in [-0.4, -0.2) is 15.8 Å². The Labute approximate surface area is 76.0 Å². The number of carbonyl (C=O) groups is 1. The summed E-state index contributed by atoms with van der Waals surface area (Å²) in [4.78, 5) is 14.6. The van der Waals surface area contributed by atoms with Crippen LogP contribution in [0.4, 0.5) is 0 Å². The van der Waals surface area contributed by atoms with E-state index in [2.05, 4.69) is 4.98 Å². The molecule has 0 atom stereocenters. The molecule has 66 valence electrons. The van der Waals surface area contributed by atoms with Gasteiger partial charge in [0, 0.05) is 0 Å². The zero-order chi connectivity index (χ0) is 9.26. The van der Waals surface area contributed by atoms with E-state index in [-0.39, 0.29) is 0 Å². The summed E-state index contributed by atoms with van der Waals surface area (Å²) in [5.41, 5.74) is 3.14. The zero-order valence-electron chi connectivity index (χ0n) is 7.40. The minimum Gasteiger partial charge on any atom is -0.323 e. The number of aldehydes is 1. The molecule has 0 unspecified atom stereocenters. The first kappa shape index (κ1) is 7.98. The van der Waals surface area contributed by atoms with Crippen molar-refractivity contribution in [2.75, 3.05) is 0 Å². The number of fused-ring (bicyclic) bond motifs is 1. The third-order valence-corrected chi connectivity index (χ3v) is 2.12. The number of hydrogen-bond donors (Lipinski definition) is 0. The number of aryl methyl sites for hydroxylation is 1. The second-order valence-electron chi connectivity index (χ2n) is 3.01. The number of aromatic nitrogens is 2. The van der Waals surface area contributed by atoms with E-state index in [4.69, 9.17) is 0 Å². The van der Waals surface area contributed by atoms with Crippen LogP contribution in [-0.2, 0) is 11.3 Å². The molecular weight excluding hydrogens is 164 g/mol. The first-order valence-electron chi connectivity index (χ1n) is 4.17. The van der Waals surface area contributed by atoms with Crippen molar-refractivity contribution < 1.29 is 4.79 Å². The Hall–Kier alpha value is -1.64. The third-order valence-electron chi connectivity index (χ3n) is 2.12. The molecule has 0 bridgehead atoms. The second-order valence-corrected chi connectivity index (χ2v) is 3.01. The summed E-state index contributed by atoms with van der Waals surface area (Å²) in [5, 5.41) is 0. The van der Waals surface area contributed by atoms with E-state index in [1.54, 1.807) is 6.33 Å². The fraction of sp³-hybridized carbons (Fsp3) is 0.200. The summed E-state index contributed by atoms with van der Waals surface area (Å²) in [6.07, 6.45) is 2.58. The highest BCUT2D eigenvalue weighted by Gasteiger charge is 2.02. The van der Waals surface area contributed by atoms with Crippen LogP contribution in [0.15, 0.2) is 24.5 Å². The summed E-state index contributed by atoms with van der Waals surface area (Å²) in [5.74, 6) is 0. The molecule has 1 aromatic heterocycles. The minimum absolute atomic E-state index is 0.375. The number of hydrogen-bond acceptors (Lipinski definition) is 2. The molecule has 13 heavy (non-hydrogen) atoms. The van der Waals surface area contributed by atoms with Crippen LogP contribution >= 0.6 is 0 Å². The summed E-state index contributed by atoms with van der Waals surface area (Å²) in [7, 11) is 0. The van der Waals surface area contributed by atoms with Gasteiger partial charge in [-0.1, -0.05) is 12.1 Å². The molecule has 3 heteroatoms. The molecule has 0 radical (unpaired) electrons. The van der Waals surface area contributed by atoms with E-state index >= 15 is 0 Å². The molecule has 0 saturated carbocycles. The molecular formula is C10H10N2O. The SMILES string of the molecule is Cc1cccc2c1ncn2CC=O. The smallest absolute Gasteiger partial charge is 0.139 e. The van der Waals surface area contributed by atoms with Gasteiger partial charge in [-0.25, -0.2) is 4.98 Å². The highest BCUT2D eigenvalue weighted by Crippen LogP contribution is 2.15. The van der Waals surface area contributed by atoms with Crippen molar-refractivity contribution in [3.8, 4) is 0 Å². The molecule has 0 aliphatic rings. The summed E-state index contributed by atoms with van der Waals surface area (Å²) < 4.78 is 1.84. The van der Waals surface area contributed by atoms with Gasteiger partial charge in [-0.3, -0.25) is 0 Å². The van der Waals surface area contributed by atoms with Crippen molar-refractivity contribution in [1.29, 1.82) is 0 Å². The molecule has 0 amide bonds. The van der Waals surface area contributed by atoms with Gasteiger partial charge >= 0.3 is 0 Å². The number of imidazole rings is 1. The van der Waals surface area contributed by atoms with Gasteiger partial charge in [-0.05, 0) is 18.6 Å². The average molecular weight is 174 g/mol. The average Bonchev–Trinajstić information content (AvgIpc) is 2.51. The topological polar surface area (TPSA) is 34.9 Å². The Morgan fingerprint density at radius 3 is 3.15 bits per heavy atom. The predicted molar refractivity (Wildman–Crippen MR) is 50.5 cm³/mol. The molecule has 3 nitrogen and oxygen atoms in total. The fourth-order valence-electron chi connectivity index (χ4n) is 1.46. The Kier molecular flexibility index (Phi) is 1.85. The van der Waals surface area contributed by atoms with Crippen LogP contribution in [0.5, 0.6) is 0 Å². The van der Waals surface area contributed by atoms with Crippen LogP contribution in [0.3, 0.4) is 0 Å². The van der Waals surface area contributed by atoms with E-state index in [0.29, 0.717) is 6.54 Å². The Bertz CT molecular complexity index is 445. The van der Waals surface area contributed by atoms with Crippen molar-refractivity contribution >= 4 is 17.3 Å². The van der Waals surface area contributed by atoms with E-state index in [1.165, 1.54) is 0 Å². The van der Waals surface area contributed by atoms with E-state index in [0.717, 1.165) is 22.9 Å². The minimum atomic E-state index is 0.375. The molecule has 2 rings (SSSR count). The van der Waals surface area contributed by atoms with Gasteiger partial charge in [0.1, 0.15) is 6.29 Å². The highest BCUT2D eigenvalue weighted by atomic mass is 16.1. The molecule has 0 N–H and O–H groups in total. The van der Waals surface area contributed by atoms with Gasteiger partial charge in [0.2, 0.25) is 0 Å². The standard InChI is InChI=1S/C10H10N2O/c1-8-3-2-4-9-10(8)11-7-12(9)5-6-13/h2-4,6-7H,5H2,1H3. The largest absolute Gasteiger partial charge is 0.323 e. The van der Waals surface area contributed by atoms with Crippen molar-refractivity contribution in [2.45, 2.75) is 13.5 Å². The van der Waals surface area contributed by atoms with Crippen molar-refractivity contribution in [3.63, 3.8) is 0 Å². The lowest BCUT2D eigenvalue weighted by molar-refractivity contribution is -0.108. The lowest BCUT2D eigenvalue weighted by Gasteiger charge is -1.98. The number of nitrogens with zero attached hydrogens (tertiary/aromatic N) is 2. The van der Waals surface area contributed by atoms with Crippen LogP contribution in [0.2, 0.25) is 0 Å². The number of benzene rings is 1.